The minimum atomic E-state index is -0.800. The molecule has 0 N–H and O–H groups in total. The summed E-state index contributed by atoms with van der Waals surface area (Å²) in [5.74, 6) is -0.931. The number of hydrogen-bond donors (Lipinski definition) is 0. The molecule has 0 radical (unpaired) electrons. The van der Waals surface area contributed by atoms with Gasteiger partial charge in [0.05, 0.1) is 0 Å². The number of esters is 3. The van der Waals surface area contributed by atoms with Crippen LogP contribution in [0, 0.1) is 0 Å². The highest BCUT2D eigenvalue weighted by molar-refractivity contribution is 5.71. The van der Waals surface area contributed by atoms with E-state index >= 15 is 0 Å². The summed E-state index contributed by atoms with van der Waals surface area (Å²) in [6, 6.07) is 0. The van der Waals surface area contributed by atoms with E-state index in [4.69, 9.17) is 14.2 Å². The zero-order chi connectivity index (χ0) is 52.2. The van der Waals surface area contributed by atoms with Crippen LogP contribution in [-0.2, 0) is 28.6 Å². The predicted octanol–water partition coefficient (Wildman–Crippen LogP) is 20.5. The van der Waals surface area contributed by atoms with Crippen LogP contribution in [0.5, 0.6) is 0 Å². The first kappa shape index (κ1) is 68.3. The third-order valence-corrected chi connectivity index (χ3v) is 12.8. The molecule has 0 saturated carbocycles. The van der Waals surface area contributed by atoms with Gasteiger partial charge in [-0.3, -0.25) is 14.4 Å². The molecule has 0 fully saturated rings. The molecular weight excluding hydrogens is 889 g/mol. The predicted molar refractivity (Wildman–Crippen MR) is 311 cm³/mol. The quantitative estimate of drug-likeness (QED) is 0.0261. The number of unbranched alkanes of at least 4 members (excludes halogenated alkanes) is 27. The molecule has 0 aromatic heterocycles. The second-order valence-corrected chi connectivity index (χ2v) is 19.9. The largest absolute Gasteiger partial charge is 0.462 e. The summed E-state index contributed by atoms with van der Waals surface area (Å²) >= 11 is 0. The molecule has 0 rings (SSSR count). The van der Waals surface area contributed by atoms with Crippen LogP contribution < -0.4 is 0 Å². The maximum Gasteiger partial charge on any atom is 0.306 e. The SMILES string of the molecule is CC/C=C\C/C=C\C/C=C\C/C=C\CCCCCCC(=O)OC(COC(=O)CCCCCCC/C=C\C/C=C\CCCCCC)COC(=O)CCCCCCCCCCC/C=C\C/C=C\CCCCCCC. The Labute approximate surface area is 445 Å². The maximum atomic E-state index is 12.9. The van der Waals surface area contributed by atoms with Gasteiger partial charge in [-0.05, 0) is 122 Å². The van der Waals surface area contributed by atoms with Crippen LogP contribution in [0.2, 0.25) is 0 Å². The molecule has 0 aliphatic heterocycles. The molecule has 1 atom stereocenters. The molecule has 0 aromatic carbocycles. The van der Waals surface area contributed by atoms with Gasteiger partial charge in [-0.25, -0.2) is 0 Å². The van der Waals surface area contributed by atoms with E-state index in [1.54, 1.807) is 0 Å². The van der Waals surface area contributed by atoms with Crippen LogP contribution in [-0.4, -0.2) is 37.2 Å². The van der Waals surface area contributed by atoms with Crippen molar-refractivity contribution in [3.8, 4) is 0 Å². The lowest BCUT2D eigenvalue weighted by atomic mass is 10.1. The van der Waals surface area contributed by atoms with Crippen molar-refractivity contribution in [2.24, 2.45) is 0 Å². The van der Waals surface area contributed by atoms with Gasteiger partial charge in [0.25, 0.3) is 0 Å². The van der Waals surface area contributed by atoms with Gasteiger partial charge in [-0.1, -0.05) is 240 Å². The van der Waals surface area contributed by atoms with E-state index in [1.807, 2.05) is 0 Å². The summed E-state index contributed by atoms with van der Waals surface area (Å²) < 4.78 is 16.9. The number of rotatable bonds is 54. The third kappa shape index (κ3) is 57.2. The topological polar surface area (TPSA) is 78.9 Å². The van der Waals surface area contributed by atoms with E-state index in [9.17, 15) is 14.4 Å². The monoisotopic (exact) mass is 1000 g/mol. The van der Waals surface area contributed by atoms with E-state index in [0.29, 0.717) is 19.3 Å². The first-order valence-electron chi connectivity index (χ1n) is 30.2. The van der Waals surface area contributed by atoms with Crippen LogP contribution >= 0.6 is 0 Å². The number of carbonyl (C=O) groups excluding carboxylic acids is 3. The molecule has 0 saturated heterocycles. The van der Waals surface area contributed by atoms with Crippen LogP contribution in [0.1, 0.15) is 284 Å². The zero-order valence-corrected chi connectivity index (χ0v) is 47.2. The van der Waals surface area contributed by atoms with Gasteiger partial charge in [0.1, 0.15) is 13.2 Å². The zero-order valence-electron chi connectivity index (χ0n) is 47.2. The lowest BCUT2D eigenvalue weighted by molar-refractivity contribution is -0.167. The number of carbonyl (C=O) groups is 3. The molecule has 0 amide bonds. The van der Waals surface area contributed by atoms with Gasteiger partial charge in [-0.2, -0.15) is 0 Å². The summed E-state index contributed by atoms with van der Waals surface area (Å²) in [7, 11) is 0. The van der Waals surface area contributed by atoms with Crippen LogP contribution in [0.25, 0.3) is 0 Å². The van der Waals surface area contributed by atoms with Crippen molar-refractivity contribution in [3.05, 3.63) is 97.2 Å². The molecule has 0 spiro atoms. The first-order chi connectivity index (χ1) is 35.5. The van der Waals surface area contributed by atoms with Crippen molar-refractivity contribution in [1.29, 1.82) is 0 Å². The van der Waals surface area contributed by atoms with Gasteiger partial charge in [0.2, 0.25) is 0 Å². The second kappa shape index (κ2) is 59.9. The molecule has 72 heavy (non-hydrogen) atoms. The van der Waals surface area contributed by atoms with Crippen molar-refractivity contribution in [1.82, 2.24) is 0 Å². The lowest BCUT2D eigenvalue weighted by Gasteiger charge is -2.18. The van der Waals surface area contributed by atoms with Crippen LogP contribution in [0.3, 0.4) is 0 Å². The minimum absolute atomic E-state index is 0.0946. The molecule has 1 unspecified atom stereocenters. The molecular formula is C66H112O6. The molecule has 0 aliphatic carbocycles. The van der Waals surface area contributed by atoms with Crippen LogP contribution in [0.4, 0.5) is 0 Å². The number of hydrogen-bond acceptors (Lipinski definition) is 6. The number of ether oxygens (including phenoxy) is 3. The van der Waals surface area contributed by atoms with Crippen molar-refractivity contribution < 1.29 is 28.6 Å². The maximum absolute atomic E-state index is 12.9. The van der Waals surface area contributed by atoms with Gasteiger partial charge < -0.3 is 14.2 Å². The van der Waals surface area contributed by atoms with Crippen molar-refractivity contribution in [2.45, 2.75) is 290 Å². The van der Waals surface area contributed by atoms with Crippen molar-refractivity contribution >= 4 is 17.9 Å². The summed E-state index contributed by atoms with van der Waals surface area (Å²) in [5.41, 5.74) is 0. The Hall–Kier alpha value is -3.67. The van der Waals surface area contributed by atoms with E-state index in [-0.39, 0.29) is 31.1 Å². The highest BCUT2D eigenvalue weighted by atomic mass is 16.6. The van der Waals surface area contributed by atoms with Crippen molar-refractivity contribution in [2.75, 3.05) is 13.2 Å². The Kier molecular flexibility index (Phi) is 56.8. The Morgan fingerprint density at radius 1 is 0.292 bits per heavy atom. The van der Waals surface area contributed by atoms with Crippen LogP contribution in [0.15, 0.2) is 97.2 Å². The van der Waals surface area contributed by atoms with Gasteiger partial charge in [0, 0.05) is 19.3 Å². The van der Waals surface area contributed by atoms with E-state index in [1.165, 1.54) is 116 Å². The Morgan fingerprint density at radius 3 is 0.861 bits per heavy atom. The molecule has 6 nitrogen and oxygen atoms in total. The Morgan fingerprint density at radius 2 is 0.542 bits per heavy atom. The van der Waals surface area contributed by atoms with Gasteiger partial charge >= 0.3 is 17.9 Å². The summed E-state index contributed by atoms with van der Waals surface area (Å²) in [4.78, 5) is 38.2. The van der Waals surface area contributed by atoms with Crippen molar-refractivity contribution in [3.63, 3.8) is 0 Å². The summed E-state index contributed by atoms with van der Waals surface area (Å²) in [5, 5.41) is 0. The van der Waals surface area contributed by atoms with Gasteiger partial charge in [-0.15, -0.1) is 0 Å². The fourth-order valence-corrected chi connectivity index (χ4v) is 8.26. The number of allylic oxidation sites excluding steroid dienone is 16. The standard InChI is InChI=1S/C66H112O6/c1-4-7-10-13-16-19-22-25-28-31-32-33-34-36-38-41-44-47-50-53-56-59-65(68)71-62-63(61-70-64(67)58-55-52-49-46-43-40-37-30-27-24-21-18-15-12-9-6-3)72-66(69)60-57-54-51-48-45-42-39-35-29-26-23-20-17-14-11-8-5-2/h8,11,17,20-22,24-26,29-32,37,39,42,63H,4-7,9-10,12-16,18-19,23,27-28,33-36,38,40-41,43-62H2,1-3H3/b11-8-,20-17-,24-21-,25-22-,29-26-,32-31-,37-30-,42-39-. The molecule has 0 heterocycles. The average Bonchev–Trinajstić information content (AvgIpc) is 3.38. The highest BCUT2D eigenvalue weighted by Gasteiger charge is 2.19. The molecule has 0 bridgehead atoms. The fraction of sp³-hybridized carbons (Fsp3) is 0.712. The second-order valence-electron chi connectivity index (χ2n) is 19.9. The third-order valence-electron chi connectivity index (χ3n) is 12.8. The van der Waals surface area contributed by atoms with E-state index < -0.39 is 6.10 Å². The lowest BCUT2D eigenvalue weighted by Crippen LogP contribution is -2.30. The summed E-state index contributed by atoms with van der Waals surface area (Å²) in [6.07, 6.45) is 79.7. The van der Waals surface area contributed by atoms with Gasteiger partial charge in [0.15, 0.2) is 6.10 Å². The van der Waals surface area contributed by atoms with E-state index in [2.05, 4.69) is 118 Å². The average molecular weight is 1000 g/mol. The smallest absolute Gasteiger partial charge is 0.306 e. The summed E-state index contributed by atoms with van der Waals surface area (Å²) in [6.45, 7) is 6.48. The normalized spacial score (nSPS) is 12.8. The van der Waals surface area contributed by atoms with E-state index in [0.717, 1.165) is 128 Å². The molecule has 6 heteroatoms. The molecule has 0 aliphatic rings. The molecule has 0 aromatic rings. The molecule has 412 valence electrons. The minimum Gasteiger partial charge on any atom is -0.462 e. The highest BCUT2D eigenvalue weighted by Crippen LogP contribution is 2.15. The Balaban J connectivity index is 4.44. The Bertz CT molecular complexity index is 1430. The fourth-order valence-electron chi connectivity index (χ4n) is 8.26. The first-order valence-corrected chi connectivity index (χ1v) is 30.2.